The fourth-order valence-corrected chi connectivity index (χ4v) is 3.90. The van der Waals surface area contributed by atoms with E-state index in [2.05, 4.69) is 34.5 Å². The molecule has 1 fully saturated rings. The number of hydrogen-bond acceptors (Lipinski definition) is 3. The van der Waals surface area contributed by atoms with Crippen molar-refractivity contribution in [3.05, 3.63) is 54.1 Å². The zero-order chi connectivity index (χ0) is 17.1. The number of para-hydroxylation sites is 3. The van der Waals surface area contributed by atoms with Gasteiger partial charge >= 0.3 is 0 Å². The minimum Gasteiger partial charge on any atom is -0.374 e. The average molecular weight is 335 g/mol. The molecule has 0 saturated carbocycles. The molecule has 0 spiro atoms. The van der Waals surface area contributed by atoms with Crippen LogP contribution in [0.3, 0.4) is 0 Å². The molecular weight excluding hydrogens is 310 g/mol. The Morgan fingerprint density at radius 2 is 1.60 bits per heavy atom. The van der Waals surface area contributed by atoms with E-state index in [9.17, 15) is 4.79 Å². The summed E-state index contributed by atoms with van der Waals surface area (Å²) in [6.07, 6.45) is 4.76. The normalized spacial score (nSPS) is 16.6. The molecule has 4 rings (SSSR count). The Morgan fingerprint density at radius 3 is 2.44 bits per heavy atom. The summed E-state index contributed by atoms with van der Waals surface area (Å²) in [5.74, 6) is 0.137. The second-order valence-corrected chi connectivity index (χ2v) is 6.84. The second-order valence-electron chi connectivity index (χ2n) is 6.84. The topological polar surface area (TPSA) is 35.6 Å². The van der Waals surface area contributed by atoms with Gasteiger partial charge in [0.1, 0.15) is 0 Å². The molecule has 1 amide bonds. The molecule has 25 heavy (non-hydrogen) atoms. The Hall–Kier alpha value is -2.49. The third-order valence-electron chi connectivity index (χ3n) is 5.22. The average Bonchev–Trinajstić information content (AvgIpc) is 3.11. The Bertz CT molecular complexity index is 752. The SMILES string of the molecule is O=C(CNc1ccccc1N1CCCCC1)N1CCc2ccccc21. The third-order valence-corrected chi connectivity index (χ3v) is 5.22. The minimum absolute atomic E-state index is 0.137. The first kappa shape index (κ1) is 16.0. The van der Waals surface area contributed by atoms with Crippen LogP contribution in [0.2, 0.25) is 0 Å². The number of carbonyl (C=O) groups is 1. The highest BCUT2D eigenvalue weighted by atomic mass is 16.2. The monoisotopic (exact) mass is 335 g/mol. The molecule has 0 atom stereocenters. The Balaban J connectivity index is 1.44. The maximum absolute atomic E-state index is 12.7. The molecule has 130 valence electrons. The minimum atomic E-state index is 0.137. The third kappa shape index (κ3) is 3.34. The van der Waals surface area contributed by atoms with Crippen LogP contribution >= 0.6 is 0 Å². The lowest BCUT2D eigenvalue weighted by atomic mass is 10.1. The molecule has 2 aliphatic heterocycles. The first-order valence-corrected chi connectivity index (χ1v) is 9.29. The van der Waals surface area contributed by atoms with Crippen LogP contribution in [0.25, 0.3) is 0 Å². The number of piperidine rings is 1. The maximum Gasteiger partial charge on any atom is 0.246 e. The maximum atomic E-state index is 12.7. The number of rotatable bonds is 4. The van der Waals surface area contributed by atoms with E-state index >= 15 is 0 Å². The fraction of sp³-hybridized carbons (Fsp3) is 0.381. The van der Waals surface area contributed by atoms with Gasteiger partial charge in [0.15, 0.2) is 0 Å². The molecule has 0 aromatic heterocycles. The van der Waals surface area contributed by atoms with E-state index in [1.165, 1.54) is 30.5 Å². The van der Waals surface area contributed by atoms with Crippen LogP contribution in [0.15, 0.2) is 48.5 Å². The van der Waals surface area contributed by atoms with Crippen LogP contribution in [0.5, 0.6) is 0 Å². The summed E-state index contributed by atoms with van der Waals surface area (Å²) < 4.78 is 0. The van der Waals surface area contributed by atoms with Crippen LogP contribution in [0.1, 0.15) is 24.8 Å². The quantitative estimate of drug-likeness (QED) is 0.926. The number of fused-ring (bicyclic) bond motifs is 1. The summed E-state index contributed by atoms with van der Waals surface area (Å²) in [6, 6.07) is 16.5. The lowest BCUT2D eigenvalue weighted by molar-refractivity contribution is -0.116. The summed E-state index contributed by atoms with van der Waals surface area (Å²) >= 11 is 0. The van der Waals surface area contributed by atoms with Crippen LogP contribution in [0, 0.1) is 0 Å². The van der Waals surface area contributed by atoms with Crippen molar-refractivity contribution in [2.24, 2.45) is 0 Å². The van der Waals surface area contributed by atoms with Crippen LogP contribution in [-0.2, 0) is 11.2 Å². The molecule has 0 unspecified atom stereocenters. The second kappa shape index (κ2) is 7.18. The van der Waals surface area contributed by atoms with Crippen molar-refractivity contribution in [2.75, 3.05) is 41.3 Å². The largest absolute Gasteiger partial charge is 0.374 e. The first-order valence-electron chi connectivity index (χ1n) is 9.29. The van der Waals surface area contributed by atoms with Gasteiger partial charge in [0.05, 0.1) is 17.9 Å². The smallest absolute Gasteiger partial charge is 0.246 e. The molecule has 2 heterocycles. The molecule has 2 aliphatic rings. The van der Waals surface area contributed by atoms with E-state index in [4.69, 9.17) is 0 Å². The number of nitrogens with zero attached hydrogens (tertiary/aromatic N) is 2. The molecule has 1 N–H and O–H groups in total. The summed E-state index contributed by atoms with van der Waals surface area (Å²) in [7, 11) is 0. The van der Waals surface area contributed by atoms with E-state index in [1.54, 1.807) is 0 Å². The predicted octanol–water partition coefficient (Wildman–Crippen LogP) is 3.68. The van der Waals surface area contributed by atoms with Crippen molar-refractivity contribution in [3.8, 4) is 0 Å². The number of carbonyl (C=O) groups excluding carboxylic acids is 1. The summed E-state index contributed by atoms with van der Waals surface area (Å²) in [4.78, 5) is 17.1. The number of nitrogens with one attached hydrogen (secondary N) is 1. The Kier molecular flexibility index (Phi) is 4.59. The lowest BCUT2D eigenvalue weighted by Gasteiger charge is -2.30. The molecule has 0 aliphatic carbocycles. The van der Waals surface area contributed by atoms with Gasteiger partial charge in [-0.25, -0.2) is 0 Å². The molecule has 0 radical (unpaired) electrons. The highest BCUT2D eigenvalue weighted by Gasteiger charge is 2.24. The lowest BCUT2D eigenvalue weighted by Crippen LogP contribution is -2.35. The number of benzene rings is 2. The summed E-state index contributed by atoms with van der Waals surface area (Å²) in [5.41, 5.74) is 4.62. The summed E-state index contributed by atoms with van der Waals surface area (Å²) in [6.45, 7) is 3.32. The van der Waals surface area contributed by atoms with Gasteiger partial charge in [-0.1, -0.05) is 30.3 Å². The van der Waals surface area contributed by atoms with Gasteiger partial charge in [-0.3, -0.25) is 4.79 Å². The Morgan fingerprint density at radius 1 is 0.880 bits per heavy atom. The molecule has 2 aromatic carbocycles. The van der Waals surface area contributed by atoms with E-state index < -0.39 is 0 Å². The van der Waals surface area contributed by atoms with Crippen LogP contribution in [0.4, 0.5) is 17.1 Å². The molecule has 1 saturated heterocycles. The van der Waals surface area contributed by atoms with Gasteiger partial charge in [-0.05, 0) is 49.4 Å². The Labute approximate surface area is 149 Å². The molecule has 2 aromatic rings. The van der Waals surface area contributed by atoms with E-state index in [1.807, 2.05) is 29.2 Å². The zero-order valence-corrected chi connectivity index (χ0v) is 14.6. The highest BCUT2D eigenvalue weighted by Crippen LogP contribution is 2.29. The van der Waals surface area contributed by atoms with Crippen molar-refractivity contribution in [1.82, 2.24) is 0 Å². The van der Waals surface area contributed by atoms with Gasteiger partial charge in [0.2, 0.25) is 5.91 Å². The number of amides is 1. The van der Waals surface area contributed by atoms with Gasteiger partial charge in [0.25, 0.3) is 0 Å². The summed E-state index contributed by atoms with van der Waals surface area (Å²) in [5, 5.41) is 3.39. The highest BCUT2D eigenvalue weighted by molar-refractivity contribution is 5.98. The molecule has 0 bridgehead atoms. The standard InChI is InChI=1S/C21H25N3O/c25-21(24-15-12-17-8-2-4-10-19(17)24)16-22-18-9-3-5-11-20(18)23-13-6-1-7-14-23/h2-5,8-11,22H,1,6-7,12-16H2. The van der Waals surface area contributed by atoms with Crippen LogP contribution < -0.4 is 15.1 Å². The number of hydrogen-bond donors (Lipinski definition) is 1. The van der Waals surface area contributed by atoms with Crippen molar-refractivity contribution in [3.63, 3.8) is 0 Å². The number of anilines is 3. The van der Waals surface area contributed by atoms with Crippen molar-refractivity contribution >= 4 is 23.0 Å². The zero-order valence-electron chi connectivity index (χ0n) is 14.6. The van der Waals surface area contributed by atoms with Crippen LogP contribution in [-0.4, -0.2) is 32.1 Å². The van der Waals surface area contributed by atoms with E-state index in [-0.39, 0.29) is 5.91 Å². The van der Waals surface area contributed by atoms with Gasteiger partial charge in [-0.2, -0.15) is 0 Å². The molecule has 4 heteroatoms. The molecular formula is C21H25N3O. The van der Waals surface area contributed by atoms with Gasteiger partial charge in [0, 0.05) is 25.3 Å². The van der Waals surface area contributed by atoms with Gasteiger partial charge in [-0.15, -0.1) is 0 Å². The van der Waals surface area contributed by atoms with Crippen molar-refractivity contribution in [2.45, 2.75) is 25.7 Å². The van der Waals surface area contributed by atoms with Gasteiger partial charge < -0.3 is 15.1 Å². The van der Waals surface area contributed by atoms with Crippen molar-refractivity contribution in [1.29, 1.82) is 0 Å². The van der Waals surface area contributed by atoms with Crippen molar-refractivity contribution < 1.29 is 4.79 Å². The predicted molar refractivity (Wildman–Crippen MR) is 103 cm³/mol. The van der Waals surface area contributed by atoms with E-state index in [0.717, 1.165) is 37.4 Å². The molecule has 4 nitrogen and oxygen atoms in total. The fourth-order valence-electron chi connectivity index (χ4n) is 3.90. The van der Waals surface area contributed by atoms with E-state index in [0.29, 0.717) is 6.54 Å². The first-order chi connectivity index (χ1) is 12.3.